The van der Waals surface area contributed by atoms with Crippen molar-refractivity contribution in [3.8, 4) is 0 Å². The quantitative estimate of drug-likeness (QED) is 0.751. The molecule has 5 heteroatoms. The van der Waals surface area contributed by atoms with Gasteiger partial charge >= 0.3 is 6.03 Å². The lowest BCUT2D eigenvalue weighted by atomic mass is 10.2. The molecule has 0 saturated carbocycles. The average molecular weight is 329 g/mol. The number of amides is 2. The predicted molar refractivity (Wildman–Crippen MR) is 81.4 cm³/mol. The van der Waals surface area contributed by atoms with Crippen LogP contribution in [0.3, 0.4) is 0 Å². The molecule has 19 heavy (non-hydrogen) atoms. The summed E-state index contributed by atoms with van der Waals surface area (Å²) >= 11 is 3.36. The molecule has 2 amide bonds. The van der Waals surface area contributed by atoms with Gasteiger partial charge < -0.3 is 15.4 Å². The summed E-state index contributed by atoms with van der Waals surface area (Å²) < 4.78 is 6.37. The van der Waals surface area contributed by atoms with E-state index in [9.17, 15) is 4.79 Å². The van der Waals surface area contributed by atoms with E-state index in [1.807, 2.05) is 24.3 Å². The zero-order chi connectivity index (χ0) is 14.1. The van der Waals surface area contributed by atoms with Crippen LogP contribution >= 0.6 is 15.9 Å². The SMILES string of the molecule is CC(C)COCCCNC(=O)Nc1cccc(Br)c1. The molecular weight excluding hydrogens is 308 g/mol. The van der Waals surface area contributed by atoms with Gasteiger partial charge in [-0.15, -0.1) is 0 Å². The molecule has 2 N–H and O–H groups in total. The maximum atomic E-state index is 11.6. The highest BCUT2D eigenvalue weighted by atomic mass is 79.9. The molecule has 0 spiro atoms. The minimum atomic E-state index is -0.193. The minimum Gasteiger partial charge on any atom is -0.381 e. The Morgan fingerprint density at radius 3 is 2.89 bits per heavy atom. The van der Waals surface area contributed by atoms with E-state index in [-0.39, 0.29) is 6.03 Å². The summed E-state index contributed by atoms with van der Waals surface area (Å²) in [6, 6.07) is 7.29. The van der Waals surface area contributed by atoms with Crippen LogP contribution in [0.4, 0.5) is 10.5 Å². The van der Waals surface area contributed by atoms with Crippen LogP contribution in [0, 0.1) is 5.92 Å². The summed E-state index contributed by atoms with van der Waals surface area (Å²) in [6.07, 6.45) is 0.818. The number of benzene rings is 1. The summed E-state index contributed by atoms with van der Waals surface area (Å²) in [5.41, 5.74) is 0.767. The van der Waals surface area contributed by atoms with E-state index in [0.29, 0.717) is 19.1 Å². The first kappa shape index (κ1) is 16.0. The predicted octanol–water partition coefficient (Wildman–Crippen LogP) is 3.63. The Morgan fingerprint density at radius 2 is 2.21 bits per heavy atom. The maximum Gasteiger partial charge on any atom is 0.319 e. The normalized spacial score (nSPS) is 10.5. The second-order valence-electron chi connectivity index (χ2n) is 4.71. The van der Waals surface area contributed by atoms with E-state index >= 15 is 0 Å². The van der Waals surface area contributed by atoms with Crippen molar-refractivity contribution in [3.63, 3.8) is 0 Å². The van der Waals surface area contributed by atoms with E-state index in [1.165, 1.54) is 0 Å². The van der Waals surface area contributed by atoms with Crippen molar-refractivity contribution in [2.45, 2.75) is 20.3 Å². The number of ether oxygens (including phenoxy) is 1. The van der Waals surface area contributed by atoms with Crippen molar-refractivity contribution in [1.29, 1.82) is 0 Å². The van der Waals surface area contributed by atoms with Crippen molar-refractivity contribution >= 4 is 27.6 Å². The molecule has 0 aromatic heterocycles. The molecule has 1 aromatic carbocycles. The van der Waals surface area contributed by atoms with Gasteiger partial charge in [0.2, 0.25) is 0 Å². The molecule has 0 bridgehead atoms. The number of carbonyl (C=O) groups is 1. The lowest BCUT2D eigenvalue weighted by Gasteiger charge is -2.09. The van der Waals surface area contributed by atoms with Gasteiger partial charge in [-0.3, -0.25) is 0 Å². The Balaban J connectivity index is 2.11. The smallest absolute Gasteiger partial charge is 0.319 e. The lowest BCUT2D eigenvalue weighted by molar-refractivity contribution is 0.108. The molecular formula is C14H21BrN2O2. The Bertz CT molecular complexity index is 397. The van der Waals surface area contributed by atoms with Gasteiger partial charge in [-0.05, 0) is 30.5 Å². The van der Waals surface area contributed by atoms with Crippen LogP contribution in [0.1, 0.15) is 20.3 Å². The van der Waals surface area contributed by atoms with Crippen molar-refractivity contribution in [3.05, 3.63) is 28.7 Å². The number of urea groups is 1. The number of nitrogens with one attached hydrogen (secondary N) is 2. The first-order valence-corrected chi connectivity index (χ1v) is 7.25. The van der Waals surface area contributed by atoms with Crippen molar-refractivity contribution in [2.75, 3.05) is 25.1 Å². The van der Waals surface area contributed by atoms with Crippen molar-refractivity contribution in [1.82, 2.24) is 5.32 Å². The molecule has 0 unspecified atom stereocenters. The van der Waals surface area contributed by atoms with E-state index in [4.69, 9.17) is 4.74 Å². The van der Waals surface area contributed by atoms with Gasteiger partial charge in [0, 0.05) is 29.9 Å². The van der Waals surface area contributed by atoms with Gasteiger partial charge in [-0.2, -0.15) is 0 Å². The Morgan fingerprint density at radius 1 is 1.42 bits per heavy atom. The van der Waals surface area contributed by atoms with Crippen LogP contribution < -0.4 is 10.6 Å². The summed E-state index contributed by atoms with van der Waals surface area (Å²) in [6.45, 7) is 6.28. The van der Waals surface area contributed by atoms with Gasteiger partial charge in [-0.1, -0.05) is 35.8 Å². The third kappa shape index (κ3) is 7.85. The summed E-state index contributed by atoms with van der Waals surface area (Å²) in [4.78, 5) is 11.6. The standard InChI is InChI=1S/C14H21BrN2O2/c1-11(2)10-19-8-4-7-16-14(18)17-13-6-3-5-12(15)9-13/h3,5-6,9,11H,4,7-8,10H2,1-2H3,(H2,16,17,18). The highest BCUT2D eigenvalue weighted by molar-refractivity contribution is 9.10. The van der Waals surface area contributed by atoms with Crippen LogP contribution in [0.15, 0.2) is 28.7 Å². The van der Waals surface area contributed by atoms with Crippen LogP contribution in [0.25, 0.3) is 0 Å². The third-order valence-electron chi connectivity index (χ3n) is 2.28. The number of hydrogen-bond acceptors (Lipinski definition) is 2. The Labute approximate surface area is 123 Å². The van der Waals surface area contributed by atoms with Crippen LogP contribution in [-0.2, 0) is 4.74 Å². The molecule has 1 aromatic rings. The van der Waals surface area contributed by atoms with Gasteiger partial charge in [0.15, 0.2) is 0 Å². The Hall–Kier alpha value is -1.07. The highest BCUT2D eigenvalue weighted by Crippen LogP contribution is 2.15. The molecule has 0 saturated heterocycles. The molecule has 0 heterocycles. The zero-order valence-corrected chi connectivity index (χ0v) is 13.0. The van der Waals surface area contributed by atoms with Crippen molar-refractivity contribution in [2.24, 2.45) is 5.92 Å². The first-order valence-electron chi connectivity index (χ1n) is 6.46. The van der Waals surface area contributed by atoms with E-state index in [1.54, 1.807) is 0 Å². The summed E-state index contributed by atoms with van der Waals surface area (Å²) in [5.74, 6) is 0.549. The van der Waals surface area contributed by atoms with Crippen LogP contribution in [-0.4, -0.2) is 25.8 Å². The summed E-state index contributed by atoms with van der Waals surface area (Å²) in [7, 11) is 0. The first-order chi connectivity index (χ1) is 9.08. The highest BCUT2D eigenvalue weighted by Gasteiger charge is 2.01. The van der Waals surface area contributed by atoms with Crippen LogP contribution in [0.2, 0.25) is 0 Å². The maximum absolute atomic E-state index is 11.6. The van der Waals surface area contributed by atoms with Crippen LogP contribution in [0.5, 0.6) is 0 Å². The fourth-order valence-electron chi connectivity index (χ4n) is 1.44. The monoisotopic (exact) mass is 328 g/mol. The topological polar surface area (TPSA) is 50.4 Å². The van der Waals surface area contributed by atoms with E-state index < -0.39 is 0 Å². The van der Waals surface area contributed by atoms with Gasteiger partial charge in [0.1, 0.15) is 0 Å². The molecule has 0 aliphatic heterocycles. The van der Waals surface area contributed by atoms with E-state index in [0.717, 1.165) is 23.2 Å². The number of hydrogen-bond donors (Lipinski definition) is 2. The summed E-state index contributed by atoms with van der Waals surface area (Å²) in [5, 5.41) is 5.56. The molecule has 0 aliphatic rings. The molecule has 1 rings (SSSR count). The van der Waals surface area contributed by atoms with Gasteiger partial charge in [-0.25, -0.2) is 4.79 Å². The molecule has 0 aliphatic carbocycles. The number of rotatable bonds is 7. The Kier molecular flexibility index (Phi) is 7.52. The molecule has 4 nitrogen and oxygen atoms in total. The number of anilines is 1. The van der Waals surface area contributed by atoms with Gasteiger partial charge in [0.25, 0.3) is 0 Å². The second-order valence-corrected chi connectivity index (χ2v) is 5.63. The number of halogens is 1. The van der Waals surface area contributed by atoms with Gasteiger partial charge in [0.05, 0.1) is 0 Å². The second kappa shape index (κ2) is 8.93. The minimum absolute atomic E-state index is 0.193. The fraction of sp³-hybridized carbons (Fsp3) is 0.500. The molecule has 0 radical (unpaired) electrons. The number of carbonyl (C=O) groups excluding carboxylic acids is 1. The molecule has 0 fully saturated rings. The van der Waals surface area contributed by atoms with E-state index in [2.05, 4.69) is 40.4 Å². The molecule has 0 atom stereocenters. The van der Waals surface area contributed by atoms with Crippen molar-refractivity contribution < 1.29 is 9.53 Å². The zero-order valence-electron chi connectivity index (χ0n) is 11.4. The third-order valence-corrected chi connectivity index (χ3v) is 2.78. The average Bonchev–Trinajstić information content (AvgIpc) is 2.33. The largest absolute Gasteiger partial charge is 0.381 e. The lowest BCUT2D eigenvalue weighted by Crippen LogP contribution is -2.30. The molecule has 106 valence electrons. The fourth-order valence-corrected chi connectivity index (χ4v) is 1.84.